The van der Waals surface area contributed by atoms with Gasteiger partial charge in [0.15, 0.2) is 5.75 Å². The number of nitrogens with zero attached hydrogens (tertiary/aromatic N) is 3. The molecule has 3 heterocycles. The minimum atomic E-state index is -0.600. The summed E-state index contributed by atoms with van der Waals surface area (Å²) < 4.78 is 9.54. The van der Waals surface area contributed by atoms with Crippen molar-refractivity contribution in [2.24, 2.45) is 0 Å². The molecule has 8 aromatic carbocycles. The summed E-state index contributed by atoms with van der Waals surface area (Å²) in [7, 11) is 0. The van der Waals surface area contributed by atoms with E-state index in [-0.39, 0.29) is 0 Å². The molecule has 0 amide bonds. The van der Waals surface area contributed by atoms with E-state index in [9.17, 15) is 0 Å². The lowest BCUT2D eigenvalue weighted by atomic mass is 9.66. The Balaban J connectivity index is 1.27. The van der Waals surface area contributed by atoms with Gasteiger partial charge in [-0.1, -0.05) is 176 Å². The van der Waals surface area contributed by atoms with E-state index >= 15 is 0 Å². The van der Waals surface area contributed by atoms with Crippen LogP contribution in [0.25, 0.3) is 72.2 Å². The molecule has 0 saturated carbocycles. The maximum atomic E-state index is 7.26. The zero-order valence-electron chi connectivity index (χ0n) is 29.6. The predicted molar refractivity (Wildman–Crippen MR) is 222 cm³/mol. The average molecular weight is 702 g/mol. The third kappa shape index (κ3) is 4.11. The van der Waals surface area contributed by atoms with E-state index in [0.717, 1.165) is 77.7 Å². The second kappa shape index (κ2) is 11.3. The molecule has 256 valence electrons. The van der Waals surface area contributed by atoms with Crippen LogP contribution in [0.4, 0.5) is 0 Å². The number of benzene rings is 8. The van der Waals surface area contributed by atoms with E-state index in [1.165, 1.54) is 22.3 Å². The first-order valence-corrected chi connectivity index (χ1v) is 18.8. The molecule has 0 radical (unpaired) electrons. The molecule has 0 atom stereocenters. The first-order valence-electron chi connectivity index (χ1n) is 18.8. The number of aromatic nitrogens is 3. The van der Waals surface area contributed by atoms with Crippen LogP contribution in [-0.4, -0.2) is 14.5 Å². The Morgan fingerprint density at radius 3 is 1.65 bits per heavy atom. The fourth-order valence-electron chi connectivity index (χ4n) is 9.42. The predicted octanol–water partition coefficient (Wildman–Crippen LogP) is 12.5. The van der Waals surface area contributed by atoms with Gasteiger partial charge in [-0.25, -0.2) is 9.97 Å². The molecule has 1 spiro atoms. The minimum Gasteiger partial charge on any atom is -0.454 e. The van der Waals surface area contributed by atoms with Gasteiger partial charge in [0, 0.05) is 38.4 Å². The Kier molecular flexibility index (Phi) is 6.23. The smallest absolute Gasteiger partial charge is 0.235 e. The second-order valence-corrected chi connectivity index (χ2v) is 14.5. The first kappa shape index (κ1) is 30.2. The van der Waals surface area contributed by atoms with Crippen LogP contribution in [0.5, 0.6) is 11.5 Å². The van der Waals surface area contributed by atoms with Crippen molar-refractivity contribution >= 4 is 32.6 Å². The van der Waals surface area contributed by atoms with Gasteiger partial charge in [0.1, 0.15) is 11.3 Å². The molecule has 10 aromatic rings. The Hall–Kier alpha value is -7.30. The van der Waals surface area contributed by atoms with E-state index in [4.69, 9.17) is 14.7 Å². The summed E-state index contributed by atoms with van der Waals surface area (Å²) in [4.78, 5) is 10.9. The third-order valence-electron chi connectivity index (χ3n) is 11.7. The Morgan fingerprint density at radius 2 is 0.964 bits per heavy atom. The van der Waals surface area contributed by atoms with Gasteiger partial charge >= 0.3 is 0 Å². The lowest BCUT2D eigenvalue weighted by Gasteiger charge is -2.39. The van der Waals surface area contributed by atoms with Crippen LogP contribution in [0.3, 0.4) is 0 Å². The van der Waals surface area contributed by atoms with Crippen molar-refractivity contribution < 1.29 is 4.74 Å². The van der Waals surface area contributed by atoms with Crippen LogP contribution in [0.15, 0.2) is 188 Å². The quantitative estimate of drug-likeness (QED) is 0.184. The molecule has 0 saturated heterocycles. The zero-order valence-corrected chi connectivity index (χ0v) is 29.6. The van der Waals surface area contributed by atoms with Gasteiger partial charge in [-0.3, -0.25) is 4.57 Å². The molecule has 2 aliphatic rings. The Labute approximate surface area is 317 Å². The van der Waals surface area contributed by atoms with Crippen LogP contribution in [0.1, 0.15) is 22.3 Å². The van der Waals surface area contributed by atoms with Gasteiger partial charge in [-0.2, -0.15) is 0 Å². The van der Waals surface area contributed by atoms with Crippen LogP contribution in [0.2, 0.25) is 0 Å². The Bertz CT molecular complexity index is 3080. The molecule has 55 heavy (non-hydrogen) atoms. The number of rotatable bonds is 3. The standard InChI is InChI=1S/C51H31N3O/c1-3-16-33(17-4-1)44-31-45(34-18-5-2-6-19-34)53-50(52-44)54-47-35-20-8-7-15-32(35)27-28-38(47)39-29-30-43-49(48(39)54)55-46-26-14-13-25-42(46)51(43)40-23-11-9-21-36(40)37-22-10-12-24-41(37)51/h1-31H. The zero-order chi connectivity index (χ0) is 36.1. The van der Waals surface area contributed by atoms with Crippen molar-refractivity contribution in [1.29, 1.82) is 0 Å². The Morgan fingerprint density at radius 1 is 0.418 bits per heavy atom. The SMILES string of the molecule is c1ccc(-c2cc(-c3ccccc3)nc(-n3c4c5c(ccc4c4ccc6ccccc6c43)C3(c4ccccc4O5)c4ccccc4-c4ccccc43)n2)cc1. The van der Waals surface area contributed by atoms with Gasteiger partial charge in [0.25, 0.3) is 0 Å². The number of hydrogen-bond donors (Lipinski definition) is 0. The van der Waals surface area contributed by atoms with Crippen molar-refractivity contribution in [3.8, 4) is 51.1 Å². The highest BCUT2D eigenvalue weighted by molar-refractivity contribution is 6.20. The molecular formula is C51H31N3O. The van der Waals surface area contributed by atoms with E-state index < -0.39 is 5.41 Å². The third-order valence-corrected chi connectivity index (χ3v) is 11.7. The summed E-state index contributed by atoms with van der Waals surface area (Å²) in [6, 6.07) is 66.9. The molecule has 12 rings (SSSR count). The molecule has 1 aliphatic heterocycles. The van der Waals surface area contributed by atoms with Crippen molar-refractivity contribution in [3.05, 3.63) is 210 Å². The highest BCUT2D eigenvalue weighted by Crippen LogP contribution is 2.63. The molecule has 0 N–H and O–H groups in total. The monoisotopic (exact) mass is 701 g/mol. The molecule has 0 fully saturated rings. The number of fused-ring (bicyclic) bond motifs is 15. The van der Waals surface area contributed by atoms with E-state index in [0.29, 0.717) is 5.95 Å². The number of para-hydroxylation sites is 1. The lowest BCUT2D eigenvalue weighted by Crippen LogP contribution is -2.32. The molecule has 4 nitrogen and oxygen atoms in total. The number of hydrogen-bond acceptors (Lipinski definition) is 3. The van der Waals surface area contributed by atoms with Gasteiger partial charge < -0.3 is 4.74 Å². The van der Waals surface area contributed by atoms with Crippen LogP contribution >= 0.6 is 0 Å². The van der Waals surface area contributed by atoms with E-state index in [2.05, 4.69) is 180 Å². The van der Waals surface area contributed by atoms with Gasteiger partial charge in [0.2, 0.25) is 5.95 Å². The molecule has 0 unspecified atom stereocenters. The van der Waals surface area contributed by atoms with Crippen LogP contribution < -0.4 is 4.74 Å². The maximum absolute atomic E-state index is 7.26. The summed E-state index contributed by atoms with van der Waals surface area (Å²) in [6.45, 7) is 0. The largest absolute Gasteiger partial charge is 0.454 e. The van der Waals surface area contributed by atoms with E-state index in [1.54, 1.807) is 0 Å². The maximum Gasteiger partial charge on any atom is 0.235 e. The topological polar surface area (TPSA) is 39.9 Å². The highest BCUT2D eigenvalue weighted by atomic mass is 16.5. The summed E-state index contributed by atoms with van der Waals surface area (Å²) in [6.07, 6.45) is 0. The second-order valence-electron chi connectivity index (χ2n) is 14.5. The summed E-state index contributed by atoms with van der Waals surface area (Å²) >= 11 is 0. The average Bonchev–Trinajstić information content (AvgIpc) is 3.76. The molecule has 4 heteroatoms. The fourth-order valence-corrected chi connectivity index (χ4v) is 9.42. The molecular weight excluding hydrogens is 671 g/mol. The molecule has 2 aromatic heterocycles. The fraction of sp³-hybridized carbons (Fsp3) is 0.0196. The van der Waals surface area contributed by atoms with Crippen molar-refractivity contribution in [2.45, 2.75) is 5.41 Å². The summed E-state index contributed by atoms with van der Waals surface area (Å²) in [5, 5.41) is 4.48. The lowest BCUT2D eigenvalue weighted by molar-refractivity contribution is 0.440. The van der Waals surface area contributed by atoms with Crippen LogP contribution in [-0.2, 0) is 5.41 Å². The van der Waals surface area contributed by atoms with Gasteiger partial charge in [-0.15, -0.1) is 0 Å². The van der Waals surface area contributed by atoms with Gasteiger partial charge in [-0.05, 0) is 39.8 Å². The van der Waals surface area contributed by atoms with Crippen molar-refractivity contribution in [3.63, 3.8) is 0 Å². The minimum absolute atomic E-state index is 0.591. The van der Waals surface area contributed by atoms with Crippen molar-refractivity contribution in [2.75, 3.05) is 0 Å². The molecule has 1 aliphatic carbocycles. The normalized spacial score (nSPS) is 13.4. The summed E-state index contributed by atoms with van der Waals surface area (Å²) in [5.41, 5.74) is 12.4. The molecule has 0 bridgehead atoms. The highest BCUT2D eigenvalue weighted by Gasteiger charge is 2.51. The van der Waals surface area contributed by atoms with E-state index in [1.807, 2.05) is 12.1 Å². The first-order chi connectivity index (χ1) is 27.3. The number of ether oxygens (including phenoxy) is 1. The van der Waals surface area contributed by atoms with Gasteiger partial charge in [0.05, 0.1) is 22.3 Å². The van der Waals surface area contributed by atoms with Crippen molar-refractivity contribution in [1.82, 2.24) is 14.5 Å². The van der Waals surface area contributed by atoms with Crippen LogP contribution in [0, 0.1) is 0 Å². The summed E-state index contributed by atoms with van der Waals surface area (Å²) in [5.74, 6) is 2.26.